The van der Waals surface area contributed by atoms with E-state index in [2.05, 4.69) is 10.6 Å². The van der Waals surface area contributed by atoms with Gasteiger partial charge >= 0.3 is 6.09 Å². The SMILES string of the molecule is Cc1cccc(C(C(=O)NCc2ccccc2)N(C(=O)C(CO)NC(=O)OC(C)(C)C)C2CC2C)c1C. The van der Waals surface area contributed by atoms with E-state index in [-0.39, 0.29) is 17.9 Å². The molecule has 0 spiro atoms. The molecule has 4 atom stereocenters. The number of nitrogens with one attached hydrogen (secondary N) is 2. The molecule has 0 heterocycles. The van der Waals surface area contributed by atoms with Gasteiger partial charge in [-0.25, -0.2) is 4.79 Å². The summed E-state index contributed by atoms with van der Waals surface area (Å²) in [6.45, 7) is 10.7. The second-order valence-electron chi connectivity index (χ2n) is 10.8. The van der Waals surface area contributed by atoms with Gasteiger partial charge in [0.2, 0.25) is 11.8 Å². The van der Waals surface area contributed by atoms with Gasteiger partial charge in [0, 0.05) is 12.6 Å². The lowest BCUT2D eigenvalue weighted by atomic mass is 9.94. The van der Waals surface area contributed by atoms with Gasteiger partial charge in [-0.2, -0.15) is 0 Å². The summed E-state index contributed by atoms with van der Waals surface area (Å²) < 4.78 is 5.30. The lowest BCUT2D eigenvalue weighted by Gasteiger charge is -2.35. The van der Waals surface area contributed by atoms with Gasteiger partial charge in [-0.05, 0) is 69.2 Å². The first-order valence-corrected chi connectivity index (χ1v) is 12.7. The molecule has 0 aromatic heterocycles. The van der Waals surface area contributed by atoms with Gasteiger partial charge in [0.05, 0.1) is 6.61 Å². The maximum atomic E-state index is 13.9. The maximum absolute atomic E-state index is 13.9. The highest BCUT2D eigenvalue weighted by Gasteiger charge is 2.48. The molecule has 2 aromatic carbocycles. The van der Waals surface area contributed by atoms with Gasteiger partial charge in [-0.1, -0.05) is 55.5 Å². The fourth-order valence-electron chi connectivity index (χ4n) is 4.36. The molecule has 1 aliphatic rings. The summed E-state index contributed by atoms with van der Waals surface area (Å²) in [6, 6.07) is 12.9. The Bertz CT molecular complexity index is 1110. The fraction of sp³-hybridized carbons (Fsp3) is 0.483. The third-order valence-corrected chi connectivity index (χ3v) is 6.63. The largest absolute Gasteiger partial charge is 0.444 e. The lowest BCUT2D eigenvalue weighted by molar-refractivity contribution is -0.144. The molecule has 8 heteroatoms. The summed E-state index contributed by atoms with van der Waals surface area (Å²) in [7, 11) is 0. The topological polar surface area (TPSA) is 108 Å². The number of hydrogen-bond acceptors (Lipinski definition) is 5. The smallest absolute Gasteiger partial charge is 0.408 e. The van der Waals surface area contributed by atoms with Crippen LogP contribution < -0.4 is 10.6 Å². The van der Waals surface area contributed by atoms with Gasteiger partial charge in [0.25, 0.3) is 0 Å². The van der Waals surface area contributed by atoms with Crippen LogP contribution in [0.15, 0.2) is 48.5 Å². The Balaban J connectivity index is 1.97. The molecular weight excluding hydrogens is 470 g/mol. The van der Waals surface area contributed by atoms with Crippen molar-refractivity contribution in [3.63, 3.8) is 0 Å². The van der Waals surface area contributed by atoms with Crippen LogP contribution >= 0.6 is 0 Å². The molecule has 37 heavy (non-hydrogen) atoms. The average molecular weight is 510 g/mol. The predicted molar refractivity (Wildman–Crippen MR) is 142 cm³/mol. The van der Waals surface area contributed by atoms with Crippen LogP contribution in [0.4, 0.5) is 4.79 Å². The molecular formula is C29H39N3O5. The third kappa shape index (κ3) is 7.32. The first kappa shape index (κ1) is 28.2. The molecule has 4 unspecified atom stereocenters. The first-order chi connectivity index (χ1) is 17.4. The summed E-state index contributed by atoms with van der Waals surface area (Å²) in [5, 5.41) is 15.6. The molecule has 3 rings (SSSR count). The minimum absolute atomic E-state index is 0.180. The third-order valence-electron chi connectivity index (χ3n) is 6.63. The van der Waals surface area contributed by atoms with E-state index < -0.39 is 36.3 Å². The Kier molecular flexibility index (Phi) is 8.97. The molecule has 3 amide bonds. The number of nitrogens with zero attached hydrogens (tertiary/aromatic N) is 1. The number of ether oxygens (including phenoxy) is 1. The van der Waals surface area contributed by atoms with E-state index in [9.17, 15) is 19.5 Å². The molecule has 1 aliphatic carbocycles. The van der Waals surface area contributed by atoms with Gasteiger partial charge in [-0.3, -0.25) is 9.59 Å². The minimum atomic E-state index is -1.25. The molecule has 3 N–H and O–H groups in total. The van der Waals surface area contributed by atoms with Crippen LogP contribution in [0.3, 0.4) is 0 Å². The summed E-state index contributed by atoms with van der Waals surface area (Å²) in [5.74, 6) is -0.665. The van der Waals surface area contributed by atoms with Gasteiger partial charge in [0.1, 0.15) is 17.7 Å². The van der Waals surface area contributed by atoms with Crippen LogP contribution in [0, 0.1) is 19.8 Å². The van der Waals surface area contributed by atoms with E-state index in [1.54, 1.807) is 25.7 Å². The molecule has 0 saturated heterocycles. The van der Waals surface area contributed by atoms with Crippen molar-refractivity contribution in [2.45, 2.75) is 78.2 Å². The van der Waals surface area contributed by atoms with Crippen LogP contribution in [0.2, 0.25) is 0 Å². The Morgan fingerprint density at radius 2 is 1.73 bits per heavy atom. The zero-order chi connectivity index (χ0) is 27.3. The van der Waals surface area contributed by atoms with Crippen molar-refractivity contribution in [1.29, 1.82) is 0 Å². The molecule has 8 nitrogen and oxygen atoms in total. The Hall–Kier alpha value is -3.39. The van der Waals surface area contributed by atoms with E-state index in [1.807, 2.05) is 69.3 Å². The fourth-order valence-corrected chi connectivity index (χ4v) is 4.36. The summed E-state index contributed by atoms with van der Waals surface area (Å²) in [5.41, 5.74) is 2.80. The van der Waals surface area contributed by atoms with Crippen molar-refractivity contribution in [1.82, 2.24) is 15.5 Å². The standard InChI is InChI=1S/C29H39N3O5/c1-18-11-10-14-22(20(18)3)25(26(34)30-16-21-12-8-7-9-13-21)32(24-15-19(24)2)27(35)23(17-33)31-28(36)37-29(4,5)6/h7-14,19,23-25,33H,15-17H2,1-6H3,(H,30,34)(H,31,36). The normalized spacial score (nSPS) is 18.4. The lowest BCUT2D eigenvalue weighted by Crippen LogP contribution is -2.55. The van der Waals surface area contributed by atoms with Crippen LogP contribution in [-0.4, -0.2) is 52.2 Å². The molecule has 2 aromatic rings. The van der Waals surface area contributed by atoms with Crippen LogP contribution in [0.1, 0.15) is 62.4 Å². The van der Waals surface area contributed by atoms with E-state index in [0.29, 0.717) is 12.1 Å². The second-order valence-corrected chi connectivity index (χ2v) is 10.8. The van der Waals surface area contributed by atoms with Crippen molar-refractivity contribution in [3.8, 4) is 0 Å². The van der Waals surface area contributed by atoms with Crippen molar-refractivity contribution >= 4 is 17.9 Å². The number of benzene rings is 2. The molecule has 0 bridgehead atoms. The zero-order valence-corrected chi connectivity index (χ0v) is 22.6. The summed E-state index contributed by atoms with van der Waals surface area (Å²) >= 11 is 0. The van der Waals surface area contributed by atoms with Gasteiger partial charge in [-0.15, -0.1) is 0 Å². The van der Waals surface area contributed by atoms with Crippen LogP contribution in [-0.2, 0) is 20.9 Å². The number of aliphatic hydroxyl groups is 1. The van der Waals surface area contributed by atoms with E-state index in [4.69, 9.17) is 4.74 Å². The Morgan fingerprint density at radius 1 is 1.08 bits per heavy atom. The van der Waals surface area contributed by atoms with Crippen molar-refractivity contribution < 1.29 is 24.2 Å². The zero-order valence-electron chi connectivity index (χ0n) is 22.6. The van der Waals surface area contributed by atoms with Crippen molar-refractivity contribution in [3.05, 3.63) is 70.8 Å². The number of carbonyl (C=O) groups excluding carboxylic acids is 3. The van der Waals surface area contributed by atoms with Crippen molar-refractivity contribution in [2.24, 2.45) is 5.92 Å². The second kappa shape index (κ2) is 11.8. The molecule has 1 saturated carbocycles. The molecule has 0 aliphatic heterocycles. The summed E-state index contributed by atoms with van der Waals surface area (Å²) in [4.78, 5) is 41.7. The van der Waals surface area contributed by atoms with E-state index in [0.717, 1.165) is 23.1 Å². The van der Waals surface area contributed by atoms with Gasteiger partial charge < -0.3 is 25.4 Å². The Morgan fingerprint density at radius 3 is 2.30 bits per heavy atom. The summed E-state index contributed by atoms with van der Waals surface area (Å²) in [6.07, 6.45) is -0.0792. The number of hydrogen-bond donors (Lipinski definition) is 3. The van der Waals surface area contributed by atoms with Crippen LogP contribution in [0.5, 0.6) is 0 Å². The monoisotopic (exact) mass is 509 g/mol. The molecule has 0 radical (unpaired) electrons. The van der Waals surface area contributed by atoms with Crippen molar-refractivity contribution in [2.75, 3.05) is 6.61 Å². The number of alkyl carbamates (subject to hydrolysis) is 1. The van der Waals surface area contributed by atoms with Crippen LogP contribution in [0.25, 0.3) is 0 Å². The predicted octanol–water partition coefficient (Wildman–Crippen LogP) is 3.78. The van der Waals surface area contributed by atoms with E-state index in [1.165, 1.54) is 0 Å². The number of aliphatic hydroxyl groups excluding tert-OH is 1. The number of rotatable bonds is 9. The molecule has 200 valence electrons. The first-order valence-electron chi connectivity index (χ1n) is 12.7. The maximum Gasteiger partial charge on any atom is 0.408 e. The average Bonchev–Trinajstić information content (AvgIpc) is 3.56. The highest BCUT2D eigenvalue weighted by Crippen LogP contribution is 2.41. The number of carbonyl (C=O) groups is 3. The van der Waals surface area contributed by atoms with E-state index >= 15 is 0 Å². The quantitative estimate of drug-likeness (QED) is 0.477. The Labute approximate surface area is 219 Å². The minimum Gasteiger partial charge on any atom is -0.444 e. The highest BCUT2D eigenvalue weighted by molar-refractivity contribution is 5.93. The molecule has 1 fully saturated rings. The van der Waals surface area contributed by atoms with Gasteiger partial charge in [0.15, 0.2) is 0 Å². The number of aryl methyl sites for hydroxylation is 1. The highest BCUT2D eigenvalue weighted by atomic mass is 16.6. The number of amides is 3.